The standard InChI is InChI=1S/C13H27N3/c1-12(2)15-8-3-9-16(11-10-15)13-4-6-14-7-5-13/h12-14H,3-11H2,1-2H3. The largest absolute Gasteiger partial charge is 0.317 e. The van der Waals surface area contributed by atoms with Gasteiger partial charge in [0.2, 0.25) is 0 Å². The van der Waals surface area contributed by atoms with Crippen molar-refractivity contribution in [3.05, 3.63) is 0 Å². The normalized spacial score (nSPS) is 27.2. The number of hydrogen-bond acceptors (Lipinski definition) is 3. The van der Waals surface area contributed by atoms with Gasteiger partial charge in [-0.3, -0.25) is 9.80 Å². The Morgan fingerprint density at radius 1 is 1.00 bits per heavy atom. The first-order chi connectivity index (χ1) is 7.77. The second-order valence-corrected chi connectivity index (χ2v) is 5.50. The summed E-state index contributed by atoms with van der Waals surface area (Å²) in [4.78, 5) is 5.37. The third-order valence-corrected chi connectivity index (χ3v) is 4.12. The molecule has 0 atom stereocenters. The Kier molecular flexibility index (Phi) is 4.62. The van der Waals surface area contributed by atoms with E-state index in [0.29, 0.717) is 6.04 Å². The van der Waals surface area contributed by atoms with Crippen LogP contribution in [-0.4, -0.2) is 61.2 Å². The monoisotopic (exact) mass is 225 g/mol. The van der Waals surface area contributed by atoms with E-state index in [4.69, 9.17) is 0 Å². The van der Waals surface area contributed by atoms with E-state index in [0.717, 1.165) is 6.04 Å². The molecule has 2 heterocycles. The van der Waals surface area contributed by atoms with Crippen LogP contribution < -0.4 is 5.32 Å². The van der Waals surface area contributed by atoms with Gasteiger partial charge in [-0.25, -0.2) is 0 Å². The van der Waals surface area contributed by atoms with Crippen molar-refractivity contribution in [2.45, 2.75) is 45.2 Å². The van der Waals surface area contributed by atoms with Crippen molar-refractivity contribution in [2.24, 2.45) is 0 Å². The Morgan fingerprint density at radius 2 is 1.75 bits per heavy atom. The zero-order valence-electron chi connectivity index (χ0n) is 10.9. The highest BCUT2D eigenvalue weighted by atomic mass is 15.2. The van der Waals surface area contributed by atoms with Gasteiger partial charge >= 0.3 is 0 Å². The third-order valence-electron chi connectivity index (χ3n) is 4.12. The highest BCUT2D eigenvalue weighted by molar-refractivity contribution is 4.81. The van der Waals surface area contributed by atoms with Gasteiger partial charge in [0.05, 0.1) is 0 Å². The summed E-state index contributed by atoms with van der Waals surface area (Å²) in [7, 11) is 0. The van der Waals surface area contributed by atoms with E-state index in [2.05, 4.69) is 29.0 Å². The summed E-state index contributed by atoms with van der Waals surface area (Å²) in [6.07, 6.45) is 4.05. The molecule has 0 aromatic heterocycles. The first kappa shape index (κ1) is 12.3. The molecule has 3 nitrogen and oxygen atoms in total. The van der Waals surface area contributed by atoms with Crippen molar-refractivity contribution < 1.29 is 0 Å². The fourth-order valence-electron chi connectivity index (χ4n) is 3.01. The van der Waals surface area contributed by atoms with Crippen molar-refractivity contribution in [1.82, 2.24) is 15.1 Å². The van der Waals surface area contributed by atoms with Crippen LogP contribution in [0.15, 0.2) is 0 Å². The maximum Gasteiger partial charge on any atom is 0.0120 e. The van der Waals surface area contributed by atoms with Crippen molar-refractivity contribution >= 4 is 0 Å². The molecule has 0 saturated carbocycles. The summed E-state index contributed by atoms with van der Waals surface area (Å²) in [6, 6.07) is 1.57. The molecule has 0 unspecified atom stereocenters. The van der Waals surface area contributed by atoms with Crippen molar-refractivity contribution in [3.8, 4) is 0 Å². The van der Waals surface area contributed by atoms with Crippen LogP contribution in [0.2, 0.25) is 0 Å². The lowest BCUT2D eigenvalue weighted by atomic mass is 10.0. The van der Waals surface area contributed by atoms with Crippen LogP contribution in [0.4, 0.5) is 0 Å². The van der Waals surface area contributed by atoms with E-state index >= 15 is 0 Å². The van der Waals surface area contributed by atoms with Gasteiger partial charge < -0.3 is 5.32 Å². The van der Waals surface area contributed by atoms with E-state index in [-0.39, 0.29) is 0 Å². The Morgan fingerprint density at radius 3 is 2.44 bits per heavy atom. The molecule has 0 aliphatic carbocycles. The van der Waals surface area contributed by atoms with Crippen LogP contribution in [-0.2, 0) is 0 Å². The number of hydrogen-bond donors (Lipinski definition) is 1. The molecular formula is C13H27N3. The summed E-state index contributed by atoms with van der Waals surface area (Å²) in [5.74, 6) is 0. The summed E-state index contributed by atoms with van der Waals surface area (Å²) in [6.45, 7) is 12.2. The van der Waals surface area contributed by atoms with Gasteiger partial charge in [0, 0.05) is 25.2 Å². The topological polar surface area (TPSA) is 18.5 Å². The van der Waals surface area contributed by atoms with Gasteiger partial charge in [-0.15, -0.1) is 0 Å². The average molecular weight is 225 g/mol. The lowest BCUT2D eigenvalue weighted by Gasteiger charge is -2.34. The molecule has 0 aromatic rings. The summed E-state index contributed by atoms with van der Waals surface area (Å²) in [5.41, 5.74) is 0. The second-order valence-electron chi connectivity index (χ2n) is 5.50. The third kappa shape index (κ3) is 3.19. The van der Waals surface area contributed by atoms with Gasteiger partial charge in [0.25, 0.3) is 0 Å². The summed E-state index contributed by atoms with van der Waals surface area (Å²) >= 11 is 0. The van der Waals surface area contributed by atoms with Crippen LogP contribution in [0.3, 0.4) is 0 Å². The minimum absolute atomic E-state index is 0.716. The SMILES string of the molecule is CC(C)N1CCCN(C2CCNCC2)CC1. The van der Waals surface area contributed by atoms with Crippen LogP contribution in [0.1, 0.15) is 33.1 Å². The molecule has 16 heavy (non-hydrogen) atoms. The van der Waals surface area contributed by atoms with E-state index in [9.17, 15) is 0 Å². The first-order valence-corrected chi connectivity index (χ1v) is 6.96. The molecule has 2 aliphatic heterocycles. The smallest absolute Gasteiger partial charge is 0.0120 e. The predicted molar refractivity (Wildman–Crippen MR) is 68.8 cm³/mol. The van der Waals surface area contributed by atoms with Crippen molar-refractivity contribution in [2.75, 3.05) is 39.3 Å². The van der Waals surface area contributed by atoms with E-state index in [1.54, 1.807) is 0 Å². The number of nitrogens with zero attached hydrogens (tertiary/aromatic N) is 2. The average Bonchev–Trinajstić information content (AvgIpc) is 2.55. The molecule has 3 heteroatoms. The zero-order valence-corrected chi connectivity index (χ0v) is 10.9. The van der Waals surface area contributed by atoms with E-state index in [1.807, 2.05) is 0 Å². The van der Waals surface area contributed by atoms with Gasteiger partial charge in [-0.2, -0.15) is 0 Å². The molecule has 2 saturated heterocycles. The van der Waals surface area contributed by atoms with Crippen molar-refractivity contribution in [3.63, 3.8) is 0 Å². The zero-order chi connectivity index (χ0) is 11.4. The second kappa shape index (κ2) is 5.99. The predicted octanol–water partition coefficient (Wildman–Crippen LogP) is 1.15. The maximum atomic E-state index is 3.46. The van der Waals surface area contributed by atoms with Crippen LogP contribution in [0.5, 0.6) is 0 Å². The molecule has 0 aromatic carbocycles. The molecule has 2 fully saturated rings. The Hall–Kier alpha value is -0.120. The highest BCUT2D eigenvalue weighted by Gasteiger charge is 2.23. The fourth-order valence-corrected chi connectivity index (χ4v) is 3.01. The molecule has 0 radical (unpaired) electrons. The van der Waals surface area contributed by atoms with Crippen LogP contribution >= 0.6 is 0 Å². The molecule has 1 N–H and O–H groups in total. The Labute approximate surface area is 100 Å². The molecule has 2 rings (SSSR count). The van der Waals surface area contributed by atoms with Crippen molar-refractivity contribution in [1.29, 1.82) is 0 Å². The highest BCUT2D eigenvalue weighted by Crippen LogP contribution is 2.15. The van der Waals surface area contributed by atoms with E-state index < -0.39 is 0 Å². The minimum atomic E-state index is 0.716. The summed E-state index contributed by atoms with van der Waals surface area (Å²) in [5, 5.41) is 3.46. The fraction of sp³-hybridized carbons (Fsp3) is 1.00. The van der Waals surface area contributed by atoms with Gasteiger partial charge in [-0.1, -0.05) is 0 Å². The Balaban J connectivity index is 1.83. The lowest BCUT2D eigenvalue weighted by molar-refractivity contribution is 0.160. The number of rotatable bonds is 2. The van der Waals surface area contributed by atoms with Crippen LogP contribution in [0.25, 0.3) is 0 Å². The molecule has 94 valence electrons. The first-order valence-electron chi connectivity index (χ1n) is 6.96. The molecule has 2 aliphatic rings. The maximum absolute atomic E-state index is 3.46. The van der Waals surface area contributed by atoms with Gasteiger partial charge in [0.15, 0.2) is 0 Å². The number of piperidine rings is 1. The lowest BCUT2D eigenvalue weighted by Crippen LogP contribution is -2.45. The molecule has 0 bridgehead atoms. The quantitative estimate of drug-likeness (QED) is 0.761. The van der Waals surface area contributed by atoms with Gasteiger partial charge in [0.1, 0.15) is 0 Å². The Bertz CT molecular complexity index is 199. The molecule has 0 amide bonds. The number of nitrogens with one attached hydrogen (secondary N) is 1. The van der Waals surface area contributed by atoms with Gasteiger partial charge in [-0.05, 0) is 59.3 Å². The van der Waals surface area contributed by atoms with E-state index in [1.165, 1.54) is 58.5 Å². The summed E-state index contributed by atoms with van der Waals surface area (Å²) < 4.78 is 0. The minimum Gasteiger partial charge on any atom is -0.317 e. The molecule has 0 spiro atoms. The molecular weight excluding hydrogens is 198 g/mol. The van der Waals surface area contributed by atoms with Crippen LogP contribution in [0, 0.1) is 0 Å².